The third-order valence-electron chi connectivity index (χ3n) is 4.26. The highest BCUT2D eigenvalue weighted by Crippen LogP contribution is 2.37. The molecule has 1 aliphatic rings. The molecule has 0 aliphatic carbocycles. The van der Waals surface area contributed by atoms with Crippen LogP contribution in [0.4, 0.5) is 5.95 Å². The molecule has 23 heavy (non-hydrogen) atoms. The molecule has 2 heterocycles. The van der Waals surface area contributed by atoms with E-state index in [2.05, 4.69) is 86.2 Å². The molecule has 3 aromatic rings. The summed E-state index contributed by atoms with van der Waals surface area (Å²) in [6, 6.07) is 17.3. The van der Waals surface area contributed by atoms with Crippen LogP contribution in [0.5, 0.6) is 0 Å². The second-order valence-electron chi connectivity index (χ2n) is 5.86. The van der Waals surface area contributed by atoms with Gasteiger partial charge in [0.05, 0.1) is 12.1 Å². The van der Waals surface area contributed by atoms with Crippen molar-refractivity contribution in [2.45, 2.75) is 25.4 Å². The molecule has 0 fully saturated rings. The number of rotatable bonds is 2. The van der Waals surface area contributed by atoms with E-state index in [1.54, 1.807) is 0 Å². The molecule has 0 radical (unpaired) electrons. The minimum absolute atomic E-state index is 0.130. The smallest absolute Gasteiger partial charge is 0.243 e. The molecule has 0 bridgehead atoms. The Kier molecular flexibility index (Phi) is 3.61. The molecule has 4 rings (SSSR count). The summed E-state index contributed by atoms with van der Waals surface area (Å²) < 4.78 is 2.95. The maximum Gasteiger partial charge on any atom is 0.243 e. The van der Waals surface area contributed by atoms with Crippen molar-refractivity contribution >= 4 is 21.9 Å². The first-order valence-electron chi connectivity index (χ1n) is 7.57. The molecule has 2 atom stereocenters. The highest BCUT2D eigenvalue weighted by Gasteiger charge is 2.30. The number of nitrogens with zero attached hydrogens (tertiary/aromatic N) is 4. The third-order valence-corrected chi connectivity index (χ3v) is 4.76. The monoisotopic (exact) mass is 369 g/mol. The zero-order valence-electron chi connectivity index (χ0n) is 12.6. The summed E-state index contributed by atoms with van der Waals surface area (Å²) in [5, 5.41) is 15.6. The van der Waals surface area contributed by atoms with Gasteiger partial charge in [-0.2, -0.15) is 0 Å². The first kappa shape index (κ1) is 14.4. The summed E-state index contributed by atoms with van der Waals surface area (Å²) >= 11 is 3.55. The van der Waals surface area contributed by atoms with Crippen molar-refractivity contribution in [3.05, 3.63) is 69.7 Å². The third kappa shape index (κ3) is 2.74. The second kappa shape index (κ2) is 5.77. The van der Waals surface area contributed by atoms with Gasteiger partial charge < -0.3 is 5.32 Å². The van der Waals surface area contributed by atoms with Crippen LogP contribution in [0.3, 0.4) is 0 Å². The van der Waals surface area contributed by atoms with E-state index < -0.39 is 0 Å². The second-order valence-corrected chi connectivity index (χ2v) is 6.78. The lowest BCUT2D eigenvalue weighted by Gasteiger charge is -2.31. The van der Waals surface area contributed by atoms with Crippen LogP contribution >= 0.6 is 15.9 Å². The fourth-order valence-corrected chi connectivity index (χ4v) is 3.46. The van der Waals surface area contributed by atoms with E-state index in [9.17, 15) is 0 Å². The summed E-state index contributed by atoms with van der Waals surface area (Å²) in [4.78, 5) is 0. The van der Waals surface area contributed by atoms with Gasteiger partial charge in [0, 0.05) is 4.47 Å². The predicted octanol–water partition coefficient (Wildman–Crippen LogP) is 3.89. The van der Waals surface area contributed by atoms with Gasteiger partial charge in [-0.05, 0) is 47.0 Å². The summed E-state index contributed by atoms with van der Waals surface area (Å²) in [5.74, 6) is 0.715. The van der Waals surface area contributed by atoms with Crippen LogP contribution < -0.4 is 5.32 Å². The number of hydrogen-bond acceptors (Lipinski definition) is 4. The van der Waals surface area contributed by atoms with Gasteiger partial charge in [0.25, 0.3) is 0 Å². The molecule has 2 aromatic carbocycles. The van der Waals surface area contributed by atoms with E-state index in [0.717, 1.165) is 10.9 Å². The average Bonchev–Trinajstić information content (AvgIpc) is 3.03. The fourth-order valence-electron chi connectivity index (χ4n) is 3.05. The molecular formula is C17H16BrN5. The van der Waals surface area contributed by atoms with Crippen molar-refractivity contribution in [1.82, 2.24) is 20.2 Å². The molecule has 0 unspecified atom stereocenters. The van der Waals surface area contributed by atoms with Crippen LogP contribution in [0.25, 0.3) is 0 Å². The predicted molar refractivity (Wildman–Crippen MR) is 92.3 cm³/mol. The molecule has 0 spiro atoms. The lowest BCUT2D eigenvalue weighted by Crippen LogP contribution is -2.28. The van der Waals surface area contributed by atoms with Crippen LogP contribution in [0.1, 0.15) is 35.2 Å². The van der Waals surface area contributed by atoms with Gasteiger partial charge in [0.2, 0.25) is 5.95 Å². The van der Waals surface area contributed by atoms with E-state index in [4.69, 9.17) is 0 Å². The standard InChI is InChI=1S/C17H16BrN5/c1-11-5-7-12(8-6-11)16-10-15(13-3-2-4-14(18)9-13)19-17-20-21-22-23(16)17/h2-9,15-16H,10H2,1H3,(H,19,20,22)/t15-,16+/m1/s1. The van der Waals surface area contributed by atoms with Gasteiger partial charge in [0.15, 0.2) is 0 Å². The van der Waals surface area contributed by atoms with E-state index in [1.165, 1.54) is 16.7 Å². The molecular weight excluding hydrogens is 354 g/mol. The van der Waals surface area contributed by atoms with E-state index >= 15 is 0 Å². The van der Waals surface area contributed by atoms with Gasteiger partial charge in [-0.25, -0.2) is 4.68 Å². The van der Waals surface area contributed by atoms with Gasteiger partial charge in [-0.3, -0.25) is 0 Å². The van der Waals surface area contributed by atoms with Crippen LogP contribution in [-0.4, -0.2) is 20.2 Å². The van der Waals surface area contributed by atoms with Crippen molar-refractivity contribution in [3.63, 3.8) is 0 Å². The quantitative estimate of drug-likeness (QED) is 0.744. The number of nitrogens with one attached hydrogen (secondary N) is 1. The Morgan fingerprint density at radius 2 is 1.96 bits per heavy atom. The van der Waals surface area contributed by atoms with Crippen molar-refractivity contribution in [1.29, 1.82) is 0 Å². The normalized spacial score (nSPS) is 19.9. The van der Waals surface area contributed by atoms with Crippen LogP contribution in [0.15, 0.2) is 53.0 Å². The van der Waals surface area contributed by atoms with E-state index in [0.29, 0.717) is 5.95 Å². The SMILES string of the molecule is Cc1ccc([C@@H]2C[C@H](c3cccc(Br)c3)Nc3nnnn32)cc1. The lowest BCUT2D eigenvalue weighted by atomic mass is 9.93. The molecule has 0 saturated heterocycles. The topological polar surface area (TPSA) is 55.6 Å². The molecule has 0 amide bonds. The number of aryl methyl sites for hydroxylation is 1. The summed E-state index contributed by atoms with van der Waals surface area (Å²) in [6.07, 6.45) is 0.900. The Labute approximate surface area is 142 Å². The van der Waals surface area contributed by atoms with Crippen molar-refractivity contribution in [2.24, 2.45) is 0 Å². The number of tetrazole rings is 1. The van der Waals surface area contributed by atoms with Crippen LogP contribution in [0.2, 0.25) is 0 Å². The zero-order chi connectivity index (χ0) is 15.8. The van der Waals surface area contributed by atoms with Crippen molar-refractivity contribution in [2.75, 3.05) is 5.32 Å². The van der Waals surface area contributed by atoms with Crippen LogP contribution in [0, 0.1) is 6.92 Å². The lowest BCUT2D eigenvalue weighted by molar-refractivity contribution is 0.423. The van der Waals surface area contributed by atoms with Crippen molar-refractivity contribution in [3.8, 4) is 0 Å². The highest BCUT2D eigenvalue weighted by atomic mass is 79.9. The number of hydrogen-bond donors (Lipinski definition) is 1. The molecule has 5 nitrogen and oxygen atoms in total. The Bertz CT molecular complexity index is 827. The highest BCUT2D eigenvalue weighted by molar-refractivity contribution is 9.10. The number of aromatic nitrogens is 4. The van der Waals surface area contributed by atoms with Crippen LogP contribution in [-0.2, 0) is 0 Å². The number of halogens is 1. The maximum atomic E-state index is 4.17. The number of benzene rings is 2. The first-order chi connectivity index (χ1) is 11.2. The van der Waals surface area contributed by atoms with E-state index in [-0.39, 0.29) is 12.1 Å². The Hall–Kier alpha value is -2.21. The first-order valence-corrected chi connectivity index (χ1v) is 8.36. The van der Waals surface area contributed by atoms with E-state index in [1.807, 2.05) is 10.7 Å². The zero-order valence-corrected chi connectivity index (χ0v) is 14.2. The summed E-state index contributed by atoms with van der Waals surface area (Å²) in [6.45, 7) is 2.10. The summed E-state index contributed by atoms with van der Waals surface area (Å²) in [5.41, 5.74) is 3.71. The number of anilines is 1. The molecule has 6 heteroatoms. The largest absolute Gasteiger partial charge is 0.346 e. The molecule has 116 valence electrons. The minimum Gasteiger partial charge on any atom is -0.346 e. The number of fused-ring (bicyclic) bond motifs is 1. The molecule has 1 N–H and O–H groups in total. The Balaban J connectivity index is 1.73. The van der Waals surface area contributed by atoms with Gasteiger partial charge in [-0.1, -0.05) is 63.0 Å². The van der Waals surface area contributed by atoms with Gasteiger partial charge >= 0.3 is 0 Å². The minimum atomic E-state index is 0.130. The molecule has 1 aliphatic heterocycles. The fraction of sp³-hybridized carbons (Fsp3) is 0.235. The molecule has 0 saturated carbocycles. The Morgan fingerprint density at radius 1 is 1.13 bits per heavy atom. The molecule has 1 aromatic heterocycles. The maximum absolute atomic E-state index is 4.17. The summed E-state index contributed by atoms with van der Waals surface area (Å²) in [7, 11) is 0. The van der Waals surface area contributed by atoms with Gasteiger partial charge in [-0.15, -0.1) is 0 Å². The average molecular weight is 370 g/mol. The Morgan fingerprint density at radius 3 is 2.74 bits per heavy atom. The van der Waals surface area contributed by atoms with Crippen molar-refractivity contribution < 1.29 is 0 Å². The van der Waals surface area contributed by atoms with Gasteiger partial charge in [0.1, 0.15) is 0 Å².